The van der Waals surface area contributed by atoms with Crippen LogP contribution in [0.2, 0.25) is 0 Å². The first-order valence-electron chi connectivity index (χ1n) is 9.98. The van der Waals surface area contributed by atoms with Crippen LogP contribution in [0.3, 0.4) is 0 Å². The van der Waals surface area contributed by atoms with Crippen molar-refractivity contribution in [3.05, 3.63) is 35.7 Å². The summed E-state index contributed by atoms with van der Waals surface area (Å²) in [7, 11) is 0. The molecule has 1 aromatic heterocycles. The summed E-state index contributed by atoms with van der Waals surface area (Å²) in [6.07, 6.45) is 1.64. The molecule has 1 aromatic carbocycles. The Kier molecular flexibility index (Phi) is 6.37. The molecule has 1 saturated heterocycles. The van der Waals surface area contributed by atoms with Crippen LogP contribution in [0.5, 0.6) is 0 Å². The number of carbonyl (C=O) groups excluding carboxylic acids is 2. The molecule has 3 rings (SSSR count). The Balaban J connectivity index is 1.72. The van der Waals surface area contributed by atoms with E-state index in [0.717, 1.165) is 12.8 Å². The van der Waals surface area contributed by atoms with E-state index in [9.17, 15) is 9.59 Å². The predicted octanol–water partition coefficient (Wildman–Crippen LogP) is 3.82. The molecule has 1 aliphatic rings. The second-order valence-corrected chi connectivity index (χ2v) is 8.57. The van der Waals surface area contributed by atoms with Crippen molar-refractivity contribution in [2.24, 2.45) is 5.41 Å². The molecule has 29 heavy (non-hydrogen) atoms. The van der Waals surface area contributed by atoms with Gasteiger partial charge in [0.05, 0.1) is 17.8 Å². The number of aromatic nitrogens is 1. The average Bonchev–Trinajstić information content (AvgIpc) is 3.29. The van der Waals surface area contributed by atoms with Crippen molar-refractivity contribution >= 4 is 17.5 Å². The Morgan fingerprint density at radius 3 is 2.69 bits per heavy atom. The number of hydrogen-bond acceptors (Lipinski definition) is 5. The van der Waals surface area contributed by atoms with Crippen LogP contribution in [-0.4, -0.2) is 29.5 Å². The summed E-state index contributed by atoms with van der Waals surface area (Å²) in [5, 5.41) is 5.82. The van der Waals surface area contributed by atoms with Crippen LogP contribution < -0.4 is 10.6 Å². The zero-order valence-corrected chi connectivity index (χ0v) is 17.5. The molecule has 7 nitrogen and oxygen atoms in total. The van der Waals surface area contributed by atoms with Gasteiger partial charge < -0.3 is 19.8 Å². The van der Waals surface area contributed by atoms with E-state index in [1.165, 1.54) is 0 Å². The lowest BCUT2D eigenvalue weighted by atomic mass is 9.92. The van der Waals surface area contributed by atoms with Gasteiger partial charge in [-0.1, -0.05) is 32.9 Å². The lowest BCUT2D eigenvalue weighted by Crippen LogP contribution is -2.27. The van der Waals surface area contributed by atoms with Gasteiger partial charge in [-0.25, -0.2) is 4.98 Å². The largest absolute Gasteiger partial charge is 0.441 e. The minimum atomic E-state index is -0.414. The number of hydrogen-bond donors (Lipinski definition) is 2. The van der Waals surface area contributed by atoms with Crippen molar-refractivity contribution in [1.82, 2.24) is 10.3 Å². The van der Waals surface area contributed by atoms with Crippen LogP contribution >= 0.6 is 0 Å². The molecule has 7 heteroatoms. The first kappa shape index (κ1) is 21.0. The zero-order valence-electron chi connectivity index (χ0n) is 17.5. The lowest BCUT2D eigenvalue weighted by molar-refractivity contribution is -0.125. The number of aryl methyl sites for hydroxylation is 1. The van der Waals surface area contributed by atoms with Gasteiger partial charge in [0, 0.05) is 13.0 Å². The molecule has 2 aromatic rings. The number of amides is 2. The third-order valence-electron chi connectivity index (χ3n) is 4.67. The van der Waals surface area contributed by atoms with Crippen molar-refractivity contribution in [1.29, 1.82) is 0 Å². The molecule has 0 radical (unpaired) electrons. The number of carbonyl (C=O) groups is 2. The fraction of sp³-hybridized carbons (Fsp3) is 0.500. The van der Waals surface area contributed by atoms with E-state index in [1.54, 1.807) is 0 Å². The molecule has 1 unspecified atom stereocenters. The van der Waals surface area contributed by atoms with Crippen LogP contribution in [0.25, 0.3) is 11.5 Å². The number of nitrogens with zero attached hydrogens (tertiary/aromatic N) is 1. The van der Waals surface area contributed by atoms with Crippen LogP contribution in [0.15, 0.2) is 28.7 Å². The number of benzene rings is 1. The first-order chi connectivity index (χ1) is 13.7. The van der Waals surface area contributed by atoms with Gasteiger partial charge in [0.1, 0.15) is 17.6 Å². The summed E-state index contributed by atoms with van der Waals surface area (Å²) in [5.74, 6) is 0.862. The second kappa shape index (κ2) is 8.78. The SMILES string of the molecule is Cc1oc(-c2ccccc2NC(=O)C2CCCO2)nc1CNC(=O)CC(C)(C)C. The van der Waals surface area contributed by atoms with Gasteiger partial charge in [0.2, 0.25) is 11.8 Å². The highest BCUT2D eigenvalue weighted by Crippen LogP contribution is 2.29. The quantitative estimate of drug-likeness (QED) is 0.770. The summed E-state index contributed by atoms with van der Waals surface area (Å²) in [4.78, 5) is 29.1. The molecular weight excluding hydrogens is 370 g/mol. The topological polar surface area (TPSA) is 93.5 Å². The highest BCUT2D eigenvalue weighted by Gasteiger charge is 2.25. The second-order valence-electron chi connectivity index (χ2n) is 8.57. The third-order valence-corrected chi connectivity index (χ3v) is 4.67. The first-order valence-corrected chi connectivity index (χ1v) is 9.98. The van der Waals surface area contributed by atoms with E-state index < -0.39 is 6.10 Å². The molecule has 2 N–H and O–H groups in total. The average molecular weight is 399 g/mol. The maximum Gasteiger partial charge on any atom is 0.253 e. The minimum Gasteiger partial charge on any atom is -0.441 e. The van der Waals surface area contributed by atoms with E-state index in [-0.39, 0.29) is 17.2 Å². The third kappa shape index (κ3) is 5.67. The zero-order chi connectivity index (χ0) is 21.0. The minimum absolute atomic E-state index is 0.0225. The molecule has 0 bridgehead atoms. The Bertz CT molecular complexity index is 876. The Morgan fingerprint density at radius 1 is 1.24 bits per heavy atom. The van der Waals surface area contributed by atoms with E-state index in [2.05, 4.69) is 15.6 Å². The molecule has 0 spiro atoms. The molecule has 0 saturated carbocycles. The maximum absolute atomic E-state index is 12.4. The fourth-order valence-electron chi connectivity index (χ4n) is 3.21. The molecule has 2 amide bonds. The molecule has 0 aliphatic carbocycles. The standard InChI is InChI=1S/C22H29N3O4/c1-14-17(13-23-19(26)12-22(2,3)4)25-21(29-14)15-8-5-6-9-16(15)24-20(27)18-10-7-11-28-18/h5-6,8-9,18H,7,10-13H2,1-4H3,(H,23,26)(H,24,27). The van der Waals surface area contributed by atoms with E-state index in [0.29, 0.717) is 48.2 Å². The van der Waals surface area contributed by atoms with E-state index in [1.807, 2.05) is 52.0 Å². The van der Waals surface area contributed by atoms with Gasteiger partial charge in [-0.2, -0.15) is 0 Å². The number of ether oxygens (including phenoxy) is 1. The maximum atomic E-state index is 12.4. The van der Waals surface area contributed by atoms with Gasteiger partial charge in [-0.3, -0.25) is 9.59 Å². The molecule has 1 fully saturated rings. The normalized spacial score (nSPS) is 16.6. The van der Waals surface area contributed by atoms with Crippen LogP contribution in [0, 0.1) is 12.3 Å². The van der Waals surface area contributed by atoms with Crippen molar-refractivity contribution < 1.29 is 18.7 Å². The summed E-state index contributed by atoms with van der Waals surface area (Å²) in [5.41, 5.74) is 1.91. The molecule has 1 aliphatic heterocycles. The highest BCUT2D eigenvalue weighted by molar-refractivity contribution is 5.97. The van der Waals surface area contributed by atoms with Crippen molar-refractivity contribution in [2.75, 3.05) is 11.9 Å². The van der Waals surface area contributed by atoms with Crippen LogP contribution in [0.1, 0.15) is 51.5 Å². The van der Waals surface area contributed by atoms with Crippen molar-refractivity contribution in [2.45, 2.75) is 59.6 Å². The van der Waals surface area contributed by atoms with Gasteiger partial charge in [0.15, 0.2) is 0 Å². The summed E-state index contributed by atoms with van der Waals surface area (Å²) >= 11 is 0. The van der Waals surface area contributed by atoms with Gasteiger partial charge >= 0.3 is 0 Å². The summed E-state index contributed by atoms with van der Waals surface area (Å²) < 4.78 is 11.3. The summed E-state index contributed by atoms with van der Waals surface area (Å²) in [6, 6.07) is 7.37. The smallest absolute Gasteiger partial charge is 0.253 e. The molecule has 1 atom stereocenters. The Labute approximate surface area is 171 Å². The number of para-hydroxylation sites is 1. The number of anilines is 1. The number of oxazole rings is 1. The highest BCUT2D eigenvalue weighted by atomic mass is 16.5. The Hall–Kier alpha value is -2.67. The van der Waals surface area contributed by atoms with Gasteiger partial charge in [-0.05, 0) is 37.3 Å². The van der Waals surface area contributed by atoms with Crippen LogP contribution in [-0.2, 0) is 20.9 Å². The molecular formula is C22H29N3O4. The van der Waals surface area contributed by atoms with Crippen molar-refractivity contribution in [3.8, 4) is 11.5 Å². The number of rotatable bonds is 6. The fourth-order valence-corrected chi connectivity index (χ4v) is 3.21. The van der Waals surface area contributed by atoms with Crippen LogP contribution in [0.4, 0.5) is 5.69 Å². The molecule has 156 valence electrons. The Morgan fingerprint density at radius 2 is 2.00 bits per heavy atom. The van der Waals surface area contributed by atoms with Gasteiger partial charge in [-0.15, -0.1) is 0 Å². The number of nitrogens with one attached hydrogen (secondary N) is 2. The van der Waals surface area contributed by atoms with Crippen molar-refractivity contribution in [3.63, 3.8) is 0 Å². The monoisotopic (exact) mass is 399 g/mol. The van der Waals surface area contributed by atoms with Gasteiger partial charge in [0.25, 0.3) is 5.91 Å². The summed E-state index contributed by atoms with van der Waals surface area (Å²) in [6.45, 7) is 8.79. The van der Waals surface area contributed by atoms with E-state index in [4.69, 9.17) is 9.15 Å². The molecule has 2 heterocycles. The lowest BCUT2D eigenvalue weighted by Gasteiger charge is -2.16. The van der Waals surface area contributed by atoms with E-state index >= 15 is 0 Å². The predicted molar refractivity (Wildman–Crippen MR) is 110 cm³/mol.